The summed E-state index contributed by atoms with van der Waals surface area (Å²) in [7, 11) is 0. The number of carbonyl (C=O) groups excluding carboxylic acids is 2. The van der Waals surface area contributed by atoms with E-state index in [1.807, 2.05) is 0 Å². The van der Waals surface area contributed by atoms with E-state index < -0.39 is 0 Å². The van der Waals surface area contributed by atoms with Crippen LogP contribution < -0.4 is 10.6 Å². The standard InChI is InChI=1S/C16H25N3O3/c1-16(2,3)11-17-15(21)19-8-6-12(7-9-19)18-14(20)13-5-4-10-22-13/h4-5,10,12H,6-9,11H2,1-3H3,(H,17,21)(H,18,20). The number of amides is 3. The maximum absolute atomic E-state index is 12.1. The van der Waals surface area contributed by atoms with Gasteiger partial charge >= 0.3 is 6.03 Å². The zero-order valence-electron chi connectivity index (χ0n) is 13.5. The molecule has 1 aromatic heterocycles. The van der Waals surface area contributed by atoms with Gasteiger partial charge < -0.3 is 20.0 Å². The van der Waals surface area contributed by atoms with Gasteiger partial charge in [0.2, 0.25) is 0 Å². The van der Waals surface area contributed by atoms with Gasteiger partial charge in [0, 0.05) is 25.7 Å². The van der Waals surface area contributed by atoms with Gasteiger partial charge in [0.1, 0.15) is 0 Å². The summed E-state index contributed by atoms with van der Waals surface area (Å²) >= 11 is 0. The highest BCUT2D eigenvalue weighted by molar-refractivity contribution is 5.91. The van der Waals surface area contributed by atoms with E-state index in [4.69, 9.17) is 4.42 Å². The van der Waals surface area contributed by atoms with Gasteiger partial charge in [0.15, 0.2) is 5.76 Å². The summed E-state index contributed by atoms with van der Waals surface area (Å²) in [4.78, 5) is 25.8. The molecule has 122 valence electrons. The summed E-state index contributed by atoms with van der Waals surface area (Å²) in [6, 6.07) is 3.40. The van der Waals surface area contributed by atoms with E-state index in [2.05, 4.69) is 31.4 Å². The largest absolute Gasteiger partial charge is 0.459 e. The summed E-state index contributed by atoms with van der Waals surface area (Å²) in [6.45, 7) is 8.22. The average molecular weight is 307 g/mol. The van der Waals surface area contributed by atoms with E-state index in [0.29, 0.717) is 25.4 Å². The topological polar surface area (TPSA) is 74.6 Å². The fourth-order valence-electron chi connectivity index (χ4n) is 2.34. The van der Waals surface area contributed by atoms with Crippen molar-refractivity contribution < 1.29 is 14.0 Å². The molecule has 3 amide bonds. The van der Waals surface area contributed by atoms with Crippen molar-refractivity contribution in [2.45, 2.75) is 39.7 Å². The quantitative estimate of drug-likeness (QED) is 0.899. The summed E-state index contributed by atoms with van der Waals surface area (Å²) in [5.41, 5.74) is 0.0744. The number of likely N-dealkylation sites (tertiary alicyclic amines) is 1. The van der Waals surface area contributed by atoms with Crippen LogP contribution in [-0.2, 0) is 0 Å². The third kappa shape index (κ3) is 4.79. The molecule has 2 N–H and O–H groups in total. The minimum atomic E-state index is -0.194. The van der Waals surface area contributed by atoms with Crippen LogP contribution in [0.5, 0.6) is 0 Å². The SMILES string of the molecule is CC(C)(C)CNC(=O)N1CCC(NC(=O)c2ccco2)CC1. The van der Waals surface area contributed by atoms with Crippen LogP contribution in [0.4, 0.5) is 4.79 Å². The Kier molecular flexibility index (Phi) is 5.11. The number of urea groups is 1. The normalized spacial score (nSPS) is 16.4. The smallest absolute Gasteiger partial charge is 0.317 e. The Morgan fingerprint density at radius 1 is 1.32 bits per heavy atom. The molecule has 0 radical (unpaired) electrons. The lowest BCUT2D eigenvalue weighted by Gasteiger charge is -2.33. The molecule has 1 saturated heterocycles. The summed E-state index contributed by atoms with van der Waals surface area (Å²) < 4.78 is 5.07. The van der Waals surface area contributed by atoms with Gasteiger partial charge in [0.05, 0.1) is 6.26 Å². The second kappa shape index (κ2) is 6.85. The molecule has 22 heavy (non-hydrogen) atoms. The zero-order chi connectivity index (χ0) is 16.2. The number of piperidine rings is 1. The molecule has 1 fully saturated rings. The monoisotopic (exact) mass is 307 g/mol. The number of hydrogen-bond acceptors (Lipinski definition) is 3. The molecule has 1 aliphatic rings. The Labute approximate surface area is 131 Å². The number of nitrogens with zero attached hydrogens (tertiary/aromatic N) is 1. The minimum absolute atomic E-state index is 0.0225. The van der Waals surface area contributed by atoms with Crippen molar-refractivity contribution in [3.63, 3.8) is 0 Å². The van der Waals surface area contributed by atoms with Crippen molar-refractivity contribution in [1.29, 1.82) is 0 Å². The Morgan fingerprint density at radius 2 is 2.00 bits per heavy atom. The van der Waals surface area contributed by atoms with Gasteiger partial charge in [0.25, 0.3) is 5.91 Å². The first kappa shape index (κ1) is 16.4. The van der Waals surface area contributed by atoms with Crippen molar-refractivity contribution in [2.75, 3.05) is 19.6 Å². The van der Waals surface area contributed by atoms with Gasteiger partial charge in [-0.25, -0.2) is 4.79 Å². The molecular formula is C16H25N3O3. The summed E-state index contributed by atoms with van der Waals surface area (Å²) in [6.07, 6.45) is 3.00. The lowest BCUT2D eigenvalue weighted by molar-refractivity contribution is 0.0889. The van der Waals surface area contributed by atoms with Crippen molar-refractivity contribution in [3.8, 4) is 0 Å². The molecule has 0 bridgehead atoms. The van der Waals surface area contributed by atoms with Crippen LogP contribution in [0.3, 0.4) is 0 Å². The fourth-order valence-corrected chi connectivity index (χ4v) is 2.34. The molecule has 1 aliphatic heterocycles. The van der Waals surface area contributed by atoms with Crippen molar-refractivity contribution in [3.05, 3.63) is 24.2 Å². The third-order valence-corrected chi connectivity index (χ3v) is 3.63. The highest BCUT2D eigenvalue weighted by Crippen LogP contribution is 2.13. The van der Waals surface area contributed by atoms with Gasteiger partial charge in [-0.1, -0.05) is 20.8 Å². The van der Waals surface area contributed by atoms with Gasteiger partial charge in [-0.2, -0.15) is 0 Å². The van der Waals surface area contributed by atoms with E-state index in [1.54, 1.807) is 17.0 Å². The molecule has 6 nitrogen and oxygen atoms in total. The van der Waals surface area contributed by atoms with Crippen LogP contribution >= 0.6 is 0 Å². The molecule has 0 atom stereocenters. The number of furan rings is 1. The Morgan fingerprint density at radius 3 is 2.55 bits per heavy atom. The number of rotatable bonds is 3. The average Bonchev–Trinajstić information content (AvgIpc) is 2.99. The molecule has 2 rings (SSSR count). The maximum atomic E-state index is 12.1. The second-order valence-electron chi connectivity index (χ2n) is 6.93. The van der Waals surface area contributed by atoms with Crippen molar-refractivity contribution >= 4 is 11.9 Å². The molecule has 1 aromatic rings. The van der Waals surface area contributed by atoms with E-state index in [9.17, 15) is 9.59 Å². The van der Waals surface area contributed by atoms with Crippen LogP contribution in [0.1, 0.15) is 44.2 Å². The number of nitrogens with one attached hydrogen (secondary N) is 2. The van der Waals surface area contributed by atoms with Crippen LogP contribution in [0, 0.1) is 5.41 Å². The highest BCUT2D eigenvalue weighted by Gasteiger charge is 2.25. The first-order chi connectivity index (χ1) is 10.3. The van der Waals surface area contributed by atoms with Gasteiger partial charge in [-0.15, -0.1) is 0 Å². The van der Waals surface area contributed by atoms with Crippen molar-refractivity contribution in [2.24, 2.45) is 5.41 Å². The van der Waals surface area contributed by atoms with E-state index >= 15 is 0 Å². The van der Waals surface area contributed by atoms with E-state index in [-0.39, 0.29) is 23.4 Å². The van der Waals surface area contributed by atoms with Gasteiger partial charge in [-0.05, 0) is 30.4 Å². The van der Waals surface area contributed by atoms with Crippen LogP contribution in [0.2, 0.25) is 0 Å². The summed E-state index contributed by atoms with van der Waals surface area (Å²) in [5, 5.41) is 5.90. The lowest BCUT2D eigenvalue weighted by atomic mass is 9.97. The first-order valence-electron chi connectivity index (χ1n) is 7.72. The molecular weight excluding hydrogens is 282 g/mol. The van der Waals surface area contributed by atoms with E-state index in [0.717, 1.165) is 12.8 Å². The molecule has 0 aliphatic carbocycles. The van der Waals surface area contributed by atoms with Crippen LogP contribution in [0.15, 0.2) is 22.8 Å². The molecule has 0 aromatic carbocycles. The first-order valence-corrected chi connectivity index (χ1v) is 7.72. The Balaban J connectivity index is 1.73. The molecule has 0 unspecified atom stereocenters. The maximum Gasteiger partial charge on any atom is 0.317 e. The third-order valence-electron chi connectivity index (χ3n) is 3.63. The molecule has 0 saturated carbocycles. The minimum Gasteiger partial charge on any atom is -0.459 e. The molecule has 0 spiro atoms. The fraction of sp³-hybridized carbons (Fsp3) is 0.625. The zero-order valence-corrected chi connectivity index (χ0v) is 13.5. The predicted molar refractivity (Wildman–Crippen MR) is 83.6 cm³/mol. The highest BCUT2D eigenvalue weighted by atomic mass is 16.3. The molecule has 2 heterocycles. The molecule has 6 heteroatoms. The van der Waals surface area contributed by atoms with Crippen LogP contribution in [0.25, 0.3) is 0 Å². The Bertz CT molecular complexity index is 497. The lowest BCUT2D eigenvalue weighted by Crippen LogP contribution is -2.50. The van der Waals surface area contributed by atoms with Crippen LogP contribution in [-0.4, -0.2) is 42.5 Å². The van der Waals surface area contributed by atoms with Crippen molar-refractivity contribution in [1.82, 2.24) is 15.5 Å². The van der Waals surface area contributed by atoms with E-state index in [1.165, 1.54) is 6.26 Å². The van der Waals surface area contributed by atoms with Gasteiger partial charge in [-0.3, -0.25) is 4.79 Å². The summed E-state index contributed by atoms with van der Waals surface area (Å²) in [5.74, 6) is 0.131. The number of carbonyl (C=O) groups is 2. The second-order valence-corrected chi connectivity index (χ2v) is 6.93. The predicted octanol–water partition coefficient (Wildman–Crippen LogP) is 2.23. The number of hydrogen-bond donors (Lipinski definition) is 2. The Hall–Kier alpha value is -1.98.